The first kappa shape index (κ1) is 26.0. The Hall–Kier alpha value is -3.05. The standard InChI is InChI=1S/C31H33F3O2/c1-3-17-35-20-21-5-7-23(8-6-21)26-14-13-25(19-28(26)32)22-9-11-24(12-10-22)27-15-16-29(36-18-4-2)31(34)30(27)33/h4,9-16,19,21,23H,2-3,5-8,17-18,20H2,1H3. The van der Waals surface area contributed by atoms with Crippen molar-refractivity contribution in [2.45, 2.75) is 44.9 Å². The molecule has 3 aromatic carbocycles. The van der Waals surface area contributed by atoms with Crippen LogP contribution in [0.3, 0.4) is 0 Å². The molecule has 36 heavy (non-hydrogen) atoms. The Morgan fingerprint density at radius 3 is 2.22 bits per heavy atom. The van der Waals surface area contributed by atoms with Gasteiger partial charge in [-0.25, -0.2) is 8.78 Å². The van der Waals surface area contributed by atoms with Crippen LogP contribution >= 0.6 is 0 Å². The van der Waals surface area contributed by atoms with Gasteiger partial charge < -0.3 is 9.47 Å². The summed E-state index contributed by atoms with van der Waals surface area (Å²) in [5.41, 5.74) is 3.01. The Kier molecular flexibility index (Phi) is 8.87. The van der Waals surface area contributed by atoms with Crippen LogP contribution in [0.5, 0.6) is 5.75 Å². The topological polar surface area (TPSA) is 18.5 Å². The average molecular weight is 495 g/mol. The molecule has 0 atom stereocenters. The second-order valence-corrected chi connectivity index (χ2v) is 9.45. The van der Waals surface area contributed by atoms with Gasteiger partial charge >= 0.3 is 0 Å². The molecule has 0 saturated heterocycles. The molecule has 0 amide bonds. The molecular formula is C31H33F3O2. The predicted octanol–water partition coefficient (Wildman–Crippen LogP) is 8.70. The van der Waals surface area contributed by atoms with Crippen LogP contribution in [0.4, 0.5) is 13.2 Å². The fourth-order valence-corrected chi connectivity index (χ4v) is 4.93. The summed E-state index contributed by atoms with van der Waals surface area (Å²) in [4.78, 5) is 0. The quantitative estimate of drug-likeness (QED) is 0.207. The molecule has 0 N–H and O–H groups in total. The lowest BCUT2D eigenvalue weighted by molar-refractivity contribution is 0.0830. The van der Waals surface area contributed by atoms with Gasteiger partial charge in [-0.1, -0.05) is 56.0 Å². The maximum atomic E-state index is 15.1. The monoisotopic (exact) mass is 494 g/mol. The van der Waals surface area contributed by atoms with E-state index in [9.17, 15) is 8.78 Å². The summed E-state index contributed by atoms with van der Waals surface area (Å²) in [6, 6.07) is 15.3. The van der Waals surface area contributed by atoms with Crippen molar-refractivity contribution in [2.24, 2.45) is 5.92 Å². The molecule has 0 radical (unpaired) electrons. The molecule has 0 aromatic heterocycles. The summed E-state index contributed by atoms with van der Waals surface area (Å²) in [6.07, 6.45) is 6.58. The highest BCUT2D eigenvalue weighted by atomic mass is 19.2. The van der Waals surface area contributed by atoms with E-state index in [1.54, 1.807) is 30.3 Å². The van der Waals surface area contributed by atoms with Gasteiger partial charge in [0, 0.05) is 18.8 Å². The first-order valence-electron chi connectivity index (χ1n) is 12.7. The van der Waals surface area contributed by atoms with Gasteiger partial charge in [-0.3, -0.25) is 0 Å². The molecule has 4 rings (SSSR count). The minimum Gasteiger partial charge on any atom is -0.486 e. The summed E-state index contributed by atoms with van der Waals surface area (Å²) in [6.45, 7) is 7.32. The molecule has 0 heterocycles. The Balaban J connectivity index is 1.44. The SMILES string of the molecule is C=CCOc1ccc(-c2ccc(-c3ccc(C4CCC(COCCC)CC4)c(F)c3)cc2)c(F)c1F. The maximum Gasteiger partial charge on any atom is 0.201 e. The molecule has 1 fully saturated rings. The van der Waals surface area contributed by atoms with Gasteiger partial charge in [0.15, 0.2) is 11.6 Å². The number of hydrogen-bond donors (Lipinski definition) is 0. The Morgan fingerprint density at radius 2 is 1.56 bits per heavy atom. The van der Waals surface area contributed by atoms with Crippen LogP contribution < -0.4 is 4.74 Å². The van der Waals surface area contributed by atoms with Crippen LogP contribution in [-0.4, -0.2) is 19.8 Å². The van der Waals surface area contributed by atoms with Gasteiger partial charge in [-0.15, -0.1) is 0 Å². The molecule has 0 spiro atoms. The van der Waals surface area contributed by atoms with E-state index in [1.807, 2.05) is 12.1 Å². The molecule has 0 bridgehead atoms. The molecule has 3 aromatic rings. The second kappa shape index (κ2) is 12.3. The number of rotatable bonds is 10. The van der Waals surface area contributed by atoms with E-state index >= 15 is 4.39 Å². The lowest BCUT2D eigenvalue weighted by atomic mass is 9.78. The summed E-state index contributed by atoms with van der Waals surface area (Å²) < 4.78 is 54.9. The van der Waals surface area contributed by atoms with E-state index in [4.69, 9.17) is 9.47 Å². The van der Waals surface area contributed by atoms with E-state index in [0.29, 0.717) is 11.5 Å². The molecule has 1 saturated carbocycles. The zero-order valence-electron chi connectivity index (χ0n) is 20.7. The van der Waals surface area contributed by atoms with Crippen molar-refractivity contribution in [3.63, 3.8) is 0 Å². The fraction of sp³-hybridized carbons (Fsp3) is 0.355. The fourth-order valence-electron chi connectivity index (χ4n) is 4.93. The highest BCUT2D eigenvalue weighted by Crippen LogP contribution is 2.38. The van der Waals surface area contributed by atoms with E-state index in [-0.39, 0.29) is 29.7 Å². The van der Waals surface area contributed by atoms with Crippen molar-refractivity contribution in [3.05, 3.63) is 90.3 Å². The average Bonchev–Trinajstić information content (AvgIpc) is 2.90. The normalized spacial score (nSPS) is 17.7. The number of hydrogen-bond acceptors (Lipinski definition) is 2. The molecule has 0 unspecified atom stereocenters. The van der Waals surface area contributed by atoms with E-state index < -0.39 is 11.6 Å². The second-order valence-electron chi connectivity index (χ2n) is 9.45. The predicted molar refractivity (Wildman–Crippen MR) is 139 cm³/mol. The number of halogens is 3. The largest absolute Gasteiger partial charge is 0.486 e. The molecule has 190 valence electrons. The third-order valence-electron chi connectivity index (χ3n) is 6.92. The van der Waals surface area contributed by atoms with Crippen LogP contribution in [0.15, 0.2) is 67.3 Å². The molecule has 1 aliphatic carbocycles. The Bertz CT molecular complexity index is 1170. The molecule has 1 aliphatic rings. The smallest absolute Gasteiger partial charge is 0.201 e. The van der Waals surface area contributed by atoms with Gasteiger partial charge in [-0.05, 0) is 84.4 Å². The number of ether oxygens (including phenoxy) is 2. The van der Waals surface area contributed by atoms with Gasteiger partial charge in [0.1, 0.15) is 12.4 Å². The number of benzene rings is 3. The van der Waals surface area contributed by atoms with E-state index in [2.05, 4.69) is 13.5 Å². The lowest BCUT2D eigenvalue weighted by Gasteiger charge is -2.29. The first-order valence-corrected chi connectivity index (χ1v) is 12.7. The minimum atomic E-state index is -1.03. The van der Waals surface area contributed by atoms with E-state index in [1.165, 1.54) is 18.2 Å². The summed E-state index contributed by atoms with van der Waals surface area (Å²) in [5, 5.41) is 0. The zero-order valence-corrected chi connectivity index (χ0v) is 20.7. The first-order chi connectivity index (χ1) is 17.5. The van der Waals surface area contributed by atoms with Gasteiger partial charge in [0.05, 0.1) is 0 Å². The molecular weight excluding hydrogens is 461 g/mol. The van der Waals surface area contributed by atoms with Crippen molar-refractivity contribution in [2.75, 3.05) is 19.8 Å². The van der Waals surface area contributed by atoms with Crippen molar-refractivity contribution in [3.8, 4) is 28.0 Å². The zero-order chi connectivity index (χ0) is 25.5. The van der Waals surface area contributed by atoms with E-state index in [0.717, 1.165) is 62.0 Å². The maximum absolute atomic E-state index is 15.1. The summed E-state index contributed by atoms with van der Waals surface area (Å²) in [5.74, 6) is -1.53. The summed E-state index contributed by atoms with van der Waals surface area (Å²) in [7, 11) is 0. The molecule has 5 heteroatoms. The van der Waals surface area contributed by atoms with Crippen molar-refractivity contribution in [1.82, 2.24) is 0 Å². The van der Waals surface area contributed by atoms with Crippen LogP contribution in [0.1, 0.15) is 50.5 Å². The highest BCUT2D eigenvalue weighted by Gasteiger charge is 2.24. The van der Waals surface area contributed by atoms with Crippen LogP contribution in [0, 0.1) is 23.4 Å². The van der Waals surface area contributed by atoms with Crippen molar-refractivity contribution in [1.29, 1.82) is 0 Å². The Labute approximate surface area is 211 Å². The van der Waals surface area contributed by atoms with Gasteiger partial charge in [0.25, 0.3) is 0 Å². The van der Waals surface area contributed by atoms with Crippen molar-refractivity contribution < 1.29 is 22.6 Å². The van der Waals surface area contributed by atoms with Crippen LogP contribution in [0.25, 0.3) is 22.3 Å². The van der Waals surface area contributed by atoms with Crippen molar-refractivity contribution >= 4 is 0 Å². The minimum absolute atomic E-state index is 0.0923. The van der Waals surface area contributed by atoms with Gasteiger partial charge in [0.2, 0.25) is 5.82 Å². The summed E-state index contributed by atoms with van der Waals surface area (Å²) >= 11 is 0. The third kappa shape index (κ3) is 6.01. The highest BCUT2D eigenvalue weighted by molar-refractivity contribution is 5.71. The van der Waals surface area contributed by atoms with Gasteiger partial charge in [-0.2, -0.15) is 4.39 Å². The van der Waals surface area contributed by atoms with Crippen LogP contribution in [-0.2, 0) is 4.74 Å². The lowest BCUT2D eigenvalue weighted by Crippen LogP contribution is -2.18. The molecule has 0 aliphatic heterocycles. The molecule has 2 nitrogen and oxygen atoms in total. The van der Waals surface area contributed by atoms with Crippen LogP contribution in [0.2, 0.25) is 0 Å². The third-order valence-corrected chi connectivity index (χ3v) is 6.92. The Morgan fingerprint density at radius 1 is 0.861 bits per heavy atom.